The van der Waals surface area contributed by atoms with Crippen molar-refractivity contribution in [1.29, 1.82) is 0 Å². The zero-order chi connectivity index (χ0) is 9.90. The fourth-order valence-corrected chi connectivity index (χ4v) is 1.14. The van der Waals surface area contributed by atoms with Crippen LogP contribution in [0.15, 0.2) is 24.3 Å². The molecule has 2 N–H and O–H groups in total. The number of methoxy groups -OCH3 is 1. The number of nitrogens with two attached hydrogens (primary N) is 1. The molecule has 0 fully saturated rings. The van der Waals surface area contributed by atoms with Gasteiger partial charge in [-0.1, -0.05) is 12.1 Å². The zero-order valence-electron chi connectivity index (χ0n) is 7.88. The second kappa shape index (κ2) is 3.85. The molecule has 0 heterocycles. The molecule has 1 atom stereocenters. The minimum Gasteiger partial charge on any atom is -0.372 e. The number of rotatable bonds is 3. The smallest absolute Gasteiger partial charge is 0.123 e. The fraction of sp³-hybridized carbons (Fsp3) is 0.400. The minimum atomic E-state index is -0.595. The van der Waals surface area contributed by atoms with Crippen molar-refractivity contribution in [2.75, 3.05) is 13.7 Å². The van der Waals surface area contributed by atoms with Crippen molar-refractivity contribution in [1.82, 2.24) is 0 Å². The van der Waals surface area contributed by atoms with Gasteiger partial charge >= 0.3 is 0 Å². The highest BCUT2D eigenvalue weighted by Crippen LogP contribution is 2.23. The van der Waals surface area contributed by atoms with Crippen LogP contribution in [0, 0.1) is 5.82 Å². The Balaban J connectivity index is 3.05. The van der Waals surface area contributed by atoms with Crippen LogP contribution in [0.25, 0.3) is 0 Å². The van der Waals surface area contributed by atoms with Gasteiger partial charge in [0.1, 0.15) is 11.4 Å². The van der Waals surface area contributed by atoms with Gasteiger partial charge in [0.25, 0.3) is 0 Å². The predicted octanol–water partition coefficient (Wildman–Crippen LogP) is 1.65. The molecule has 0 amide bonds. The van der Waals surface area contributed by atoms with Gasteiger partial charge in [0, 0.05) is 13.7 Å². The summed E-state index contributed by atoms with van der Waals surface area (Å²) in [7, 11) is 1.57. The first-order valence-corrected chi connectivity index (χ1v) is 4.13. The van der Waals surface area contributed by atoms with E-state index in [0.717, 1.165) is 5.56 Å². The highest BCUT2D eigenvalue weighted by Gasteiger charge is 2.24. The van der Waals surface area contributed by atoms with Crippen LogP contribution in [-0.4, -0.2) is 13.7 Å². The van der Waals surface area contributed by atoms with E-state index in [0.29, 0.717) is 6.54 Å². The normalized spacial score (nSPS) is 15.4. The molecule has 2 nitrogen and oxygen atoms in total. The Hall–Kier alpha value is -0.930. The summed E-state index contributed by atoms with van der Waals surface area (Å²) >= 11 is 0. The van der Waals surface area contributed by atoms with Crippen molar-refractivity contribution < 1.29 is 9.13 Å². The summed E-state index contributed by atoms with van der Waals surface area (Å²) in [6.45, 7) is 2.16. The second-order valence-corrected chi connectivity index (χ2v) is 3.15. The summed E-state index contributed by atoms with van der Waals surface area (Å²) in [5.74, 6) is -0.269. The van der Waals surface area contributed by atoms with E-state index in [-0.39, 0.29) is 5.82 Å². The lowest BCUT2D eigenvalue weighted by Gasteiger charge is -2.26. The third kappa shape index (κ3) is 2.05. The summed E-state index contributed by atoms with van der Waals surface area (Å²) in [4.78, 5) is 0. The van der Waals surface area contributed by atoms with Crippen molar-refractivity contribution in [3.63, 3.8) is 0 Å². The Morgan fingerprint density at radius 1 is 1.54 bits per heavy atom. The maximum absolute atomic E-state index is 12.9. The van der Waals surface area contributed by atoms with Crippen LogP contribution in [0.5, 0.6) is 0 Å². The molecule has 0 aromatic heterocycles. The lowest BCUT2D eigenvalue weighted by atomic mass is 9.96. The summed E-state index contributed by atoms with van der Waals surface area (Å²) < 4.78 is 18.1. The van der Waals surface area contributed by atoms with E-state index >= 15 is 0 Å². The molecule has 1 aromatic carbocycles. The first kappa shape index (κ1) is 10.2. The average molecular weight is 183 g/mol. The number of hydrogen-bond donors (Lipinski definition) is 1. The van der Waals surface area contributed by atoms with Crippen LogP contribution >= 0.6 is 0 Å². The molecule has 0 spiro atoms. The number of benzene rings is 1. The van der Waals surface area contributed by atoms with Gasteiger partial charge in [0.15, 0.2) is 0 Å². The van der Waals surface area contributed by atoms with Crippen LogP contribution in [0.4, 0.5) is 4.39 Å². The van der Waals surface area contributed by atoms with E-state index in [9.17, 15) is 4.39 Å². The largest absolute Gasteiger partial charge is 0.372 e. The van der Waals surface area contributed by atoms with Gasteiger partial charge in [-0.2, -0.15) is 0 Å². The Bertz CT molecular complexity index is 284. The van der Waals surface area contributed by atoms with Gasteiger partial charge in [-0.25, -0.2) is 4.39 Å². The van der Waals surface area contributed by atoms with Crippen LogP contribution in [0.1, 0.15) is 12.5 Å². The zero-order valence-corrected chi connectivity index (χ0v) is 7.88. The Morgan fingerprint density at radius 3 is 2.69 bits per heavy atom. The Kier molecular flexibility index (Phi) is 3.01. The lowest BCUT2D eigenvalue weighted by Crippen LogP contribution is -2.33. The lowest BCUT2D eigenvalue weighted by molar-refractivity contribution is 0.00984. The predicted molar refractivity (Wildman–Crippen MR) is 49.8 cm³/mol. The molecule has 72 valence electrons. The fourth-order valence-electron chi connectivity index (χ4n) is 1.14. The van der Waals surface area contributed by atoms with Crippen LogP contribution in [0.3, 0.4) is 0 Å². The first-order chi connectivity index (χ1) is 6.12. The molecule has 0 aliphatic heterocycles. The van der Waals surface area contributed by atoms with Crippen LogP contribution in [-0.2, 0) is 10.3 Å². The van der Waals surface area contributed by atoms with Gasteiger partial charge < -0.3 is 10.5 Å². The molecule has 1 aromatic rings. The van der Waals surface area contributed by atoms with E-state index < -0.39 is 5.60 Å². The average Bonchev–Trinajstić information content (AvgIpc) is 2.17. The molecule has 0 radical (unpaired) electrons. The van der Waals surface area contributed by atoms with Gasteiger partial charge in [-0.15, -0.1) is 0 Å². The molecular formula is C10H14FNO. The molecule has 0 saturated heterocycles. The molecule has 13 heavy (non-hydrogen) atoms. The molecular weight excluding hydrogens is 169 g/mol. The van der Waals surface area contributed by atoms with Crippen molar-refractivity contribution in [2.45, 2.75) is 12.5 Å². The van der Waals surface area contributed by atoms with E-state index in [2.05, 4.69) is 0 Å². The Morgan fingerprint density at radius 2 is 2.23 bits per heavy atom. The van der Waals surface area contributed by atoms with E-state index in [1.54, 1.807) is 19.2 Å². The van der Waals surface area contributed by atoms with Gasteiger partial charge in [0.05, 0.1) is 0 Å². The van der Waals surface area contributed by atoms with Crippen molar-refractivity contribution >= 4 is 0 Å². The summed E-state index contributed by atoms with van der Waals surface area (Å²) in [6.07, 6.45) is 0. The van der Waals surface area contributed by atoms with Crippen molar-refractivity contribution in [2.24, 2.45) is 5.73 Å². The standard InChI is InChI=1S/C10H14FNO/c1-10(7-12,13-2)8-4-3-5-9(11)6-8/h3-6H,7,12H2,1-2H3. The van der Waals surface area contributed by atoms with Gasteiger partial charge in [-0.05, 0) is 24.6 Å². The minimum absolute atomic E-state index is 0.269. The molecule has 0 aliphatic carbocycles. The maximum atomic E-state index is 12.9. The van der Waals surface area contributed by atoms with Crippen LogP contribution in [0.2, 0.25) is 0 Å². The van der Waals surface area contributed by atoms with Gasteiger partial charge in [-0.3, -0.25) is 0 Å². The molecule has 0 bridgehead atoms. The SMILES string of the molecule is COC(C)(CN)c1cccc(F)c1. The Labute approximate surface area is 77.5 Å². The monoisotopic (exact) mass is 183 g/mol. The number of hydrogen-bond acceptors (Lipinski definition) is 2. The molecule has 0 saturated carbocycles. The van der Waals surface area contributed by atoms with E-state index in [1.165, 1.54) is 12.1 Å². The van der Waals surface area contributed by atoms with Crippen molar-refractivity contribution in [3.05, 3.63) is 35.6 Å². The summed E-state index contributed by atoms with van der Waals surface area (Å²) in [5, 5.41) is 0. The van der Waals surface area contributed by atoms with E-state index in [1.807, 2.05) is 6.92 Å². The second-order valence-electron chi connectivity index (χ2n) is 3.15. The number of halogens is 1. The quantitative estimate of drug-likeness (QED) is 0.773. The highest BCUT2D eigenvalue weighted by molar-refractivity contribution is 5.23. The topological polar surface area (TPSA) is 35.2 Å². The van der Waals surface area contributed by atoms with Crippen molar-refractivity contribution in [3.8, 4) is 0 Å². The molecule has 3 heteroatoms. The molecule has 1 unspecified atom stereocenters. The third-order valence-electron chi connectivity index (χ3n) is 2.28. The maximum Gasteiger partial charge on any atom is 0.123 e. The number of ether oxygens (including phenoxy) is 1. The van der Waals surface area contributed by atoms with Gasteiger partial charge in [0.2, 0.25) is 0 Å². The molecule has 1 rings (SSSR count). The molecule has 0 aliphatic rings. The van der Waals surface area contributed by atoms with E-state index in [4.69, 9.17) is 10.5 Å². The first-order valence-electron chi connectivity index (χ1n) is 4.13. The summed E-state index contributed by atoms with van der Waals surface area (Å²) in [6, 6.07) is 6.30. The third-order valence-corrected chi connectivity index (χ3v) is 2.28. The van der Waals surface area contributed by atoms with Crippen LogP contribution < -0.4 is 5.73 Å². The highest BCUT2D eigenvalue weighted by atomic mass is 19.1. The summed E-state index contributed by atoms with van der Waals surface area (Å²) in [5.41, 5.74) is 5.72.